The zero-order chi connectivity index (χ0) is 15.1. The van der Waals surface area contributed by atoms with Crippen LogP contribution < -0.4 is 10.1 Å². The van der Waals surface area contributed by atoms with Crippen LogP contribution in [0.3, 0.4) is 0 Å². The number of hydrogen-bond acceptors (Lipinski definition) is 3. The van der Waals surface area contributed by atoms with Gasteiger partial charge in [0.15, 0.2) is 0 Å². The minimum atomic E-state index is -0.185. The summed E-state index contributed by atoms with van der Waals surface area (Å²) < 4.78 is 6.45. The lowest BCUT2D eigenvalue weighted by atomic mass is 10.2. The summed E-state index contributed by atoms with van der Waals surface area (Å²) in [5, 5.41) is 11.7. The Labute approximate surface area is 131 Å². The normalized spacial score (nSPS) is 9.71. The molecule has 0 saturated carbocycles. The molecular formula is C16H13BrN2O2. The Kier molecular flexibility index (Phi) is 5.35. The molecule has 0 spiro atoms. The summed E-state index contributed by atoms with van der Waals surface area (Å²) >= 11 is 3.34. The topological polar surface area (TPSA) is 62.1 Å². The highest BCUT2D eigenvalue weighted by Gasteiger charge is 2.06. The molecule has 2 rings (SSSR count). The summed E-state index contributed by atoms with van der Waals surface area (Å²) in [6, 6.07) is 16.3. The molecular weight excluding hydrogens is 332 g/mol. The molecule has 0 bridgehead atoms. The van der Waals surface area contributed by atoms with E-state index in [1.807, 2.05) is 30.3 Å². The van der Waals surface area contributed by atoms with Crippen molar-refractivity contribution in [3.8, 4) is 11.8 Å². The highest BCUT2D eigenvalue weighted by molar-refractivity contribution is 9.10. The van der Waals surface area contributed by atoms with Gasteiger partial charge in [0.25, 0.3) is 0 Å². The molecule has 5 heteroatoms. The molecule has 4 nitrogen and oxygen atoms in total. The number of amides is 1. The molecule has 21 heavy (non-hydrogen) atoms. The van der Waals surface area contributed by atoms with Crippen molar-refractivity contribution in [2.75, 3.05) is 11.9 Å². The molecule has 1 amide bonds. The quantitative estimate of drug-likeness (QED) is 0.898. The van der Waals surface area contributed by atoms with E-state index in [0.717, 1.165) is 4.47 Å². The average Bonchev–Trinajstić information content (AvgIpc) is 2.50. The van der Waals surface area contributed by atoms with Crippen molar-refractivity contribution in [1.29, 1.82) is 5.26 Å². The van der Waals surface area contributed by atoms with Crippen molar-refractivity contribution >= 4 is 27.5 Å². The fraction of sp³-hybridized carbons (Fsp3) is 0.125. The summed E-state index contributed by atoms with van der Waals surface area (Å²) in [5.41, 5.74) is 0.966. The summed E-state index contributed by atoms with van der Waals surface area (Å²) in [5.74, 6) is 0.526. The van der Waals surface area contributed by atoms with Gasteiger partial charge in [0.2, 0.25) is 5.91 Å². The molecule has 106 valence electrons. The average molecular weight is 345 g/mol. The molecule has 0 heterocycles. The van der Waals surface area contributed by atoms with Gasteiger partial charge < -0.3 is 10.1 Å². The van der Waals surface area contributed by atoms with Gasteiger partial charge in [0.05, 0.1) is 24.3 Å². The Balaban J connectivity index is 1.82. The van der Waals surface area contributed by atoms with Gasteiger partial charge in [0.1, 0.15) is 11.8 Å². The van der Waals surface area contributed by atoms with Crippen molar-refractivity contribution < 1.29 is 9.53 Å². The highest BCUT2D eigenvalue weighted by atomic mass is 79.9. The number of carbonyl (C=O) groups is 1. The lowest BCUT2D eigenvalue weighted by molar-refractivity contribution is -0.116. The Morgan fingerprint density at radius 2 is 1.90 bits per heavy atom. The highest BCUT2D eigenvalue weighted by Crippen LogP contribution is 2.17. The van der Waals surface area contributed by atoms with E-state index in [2.05, 4.69) is 21.2 Å². The summed E-state index contributed by atoms with van der Waals surface area (Å²) in [6.07, 6.45) is 0.218. The number of rotatable bonds is 5. The zero-order valence-corrected chi connectivity index (χ0v) is 12.8. The van der Waals surface area contributed by atoms with Crippen molar-refractivity contribution in [2.24, 2.45) is 0 Å². The van der Waals surface area contributed by atoms with Gasteiger partial charge in [-0.1, -0.05) is 28.1 Å². The van der Waals surface area contributed by atoms with Crippen LogP contribution in [0.4, 0.5) is 5.69 Å². The molecule has 0 aromatic heterocycles. The SMILES string of the molecule is N#Cc1ccccc1NC(=O)CCOc1ccc(Br)cc1. The molecule has 0 fully saturated rings. The lowest BCUT2D eigenvalue weighted by Gasteiger charge is -2.08. The van der Waals surface area contributed by atoms with E-state index >= 15 is 0 Å². The van der Waals surface area contributed by atoms with E-state index in [4.69, 9.17) is 10.00 Å². The van der Waals surface area contributed by atoms with Gasteiger partial charge in [0, 0.05) is 4.47 Å². The van der Waals surface area contributed by atoms with Gasteiger partial charge >= 0.3 is 0 Å². The zero-order valence-electron chi connectivity index (χ0n) is 11.2. The third-order valence-electron chi connectivity index (χ3n) is 2.73. The van der Waals surface area contributed by atoms with Crippen LogP contribution in [0.25, 0.3) is 0 Å². The van der Waals surface area contributed by atoms with Gasteiger partial charge in [-0.05, 0) is 36.4 Å². The van der Waals surface area contributed by atoms with E-state index in [-0.39, 0.29) is 18.9 Å². The van der Waals surface area contributed by atoms with Crippen molar-refractivity contribution in [3.05, 3.63) is 58.6 Å². The smallest absolute Gasteiger partial charge is 0.227 e. The van der Waals surface area contributed by atoms with Crippen LogP contribution in [0.5, 0.6) is 5.75 Å². The second-order valence-electron chi connectivity index (χ2n) is 4.26. The Morgan fingerprint density at radius 3 is 2.62 bits per heavy atom. The minimum absolute atomic E-state index is 0.185. The summed E-state index contributed by atoms with van der Waals surface area (Å²) in [6.45, 7) is 0.280. The van der Waals surface area contributed by atoms with E-state index in [1.165, 1.54) is 0 Å². The Bertz CT molecular complexity index is 663. The molecule has 0 unspecified atom stereocenters. The molecule has 2 aromatic carbocycles. The first-order chi connectivity index (χ1) is 10.2. The predicted molar refractivity (Wildman–Crippen MR) is 84.0 cm³/mol. The van der Waals surface area contributed by atoms with E-state index in [1.54, 1.807) is 24.3 Å². The van der Waals surface area contributed by atoms with Crippen LogP contribution in [-0.4, -0.2) is 12.5 Å². The van der Waals surface area contributed by atoms with Gasteiger partial charge in [-0.25, -0.2) is 0 Å². The maximum atomic E-state index is 11.8. The van der Waals surface area contributed by atoms with Crippen LogP contribution in [0, 0.1) is 11.3 Å². The number of carbonyl (C=O) groups excluding carboxylic acids is 1. The van der Waals surface area contributed by atoms with Gasteiger partial charge in [-0.2, -0.15) is 5.26 Å². The Morgan fingerprint density at radius 1 is 1.19 bits per heavy atom. The van der Waals surface area contributed by atoms with Crippen LogP contribution in [0.2, 0.25) is 0 Å². The number of nitrogens with one attached hydrogen (secondary N) is 1. The van der Waals surface area contributed by atoms with Crippen LogP contribution in [-0.2, 0) is 4.79 Å². The van der Waals surface area contributed by atoms with Gasteiger partial charge in [-0.15, -0.1) is 0 Å². The van der Waals surface area contributed by atoms with Crippen LogP contribution in [0.15, 0.2) is 53.0 Å². The minimum Gasteiger partial charge on any atom is -0.493 e. The Hall–Kier alpha value is -2.32. The van der Waals surface area contributed by atoms with Crippen LogP contribution >= 0.6 is 15.9 Å². The number of halogens is 1. The summed E-state index contributed by atoms with van der Waals surface area (Å²) in [4.78, 5) is 11.8. The number of benzene rings is 2. The molecule has 0 aliphatic rings. The predicted octanol–water partition coefficient (Wildman–Crippen LogP) is 3.73. The number of nitrogens with zero attached hydrogens (tertiary/aromatic N) is 1. The molecule has 0 aliphatic heterocycles. The largest absolute Gasteiger partial charge is 0.493 e. The number of anilines is 1. The first-order valence-corrected chi connectivity index (χ1v) is 7.15. The number of ether oxygens (including phenoxy) is 1. The fourth-order valence-electron chi connectivity index (χ4n) is 1.69. The van der Waals surface area contributed by atoms with E-state index in [9.17, 15) is 4.79 Å². The van der Waals surface area contributed by atoms with Crippen molar-refractivity contribution in [3.63, 3.8) is 0 Å². The van der Waals surface area contributed by atoms with E-state index in [0.29, 0.717) is 17.0 Å². The molecule has 0 radical (unpaired) electrons. The number of para-hydroxylation sites is 1. The fourth-order valence-corrected chi connectivity index (χ4v) is 1.96. The second-order valence-corrected chi connectivity index (χ2v) is 5.17. The van der Waals surface area contributed by atoms with Crippen molar-refractivity contribution in [1.82, 2.24) is 0 Å². The molecule has 0 saturated heterocycles. The maximum Gasteiger partial charge on any atom is 0.227 e. The lowest BCUT2D eigenvalue weighted by Crippen LogP contribution is -2.15. The molecule has 0 aliphatic carbocycles. The number of nitriles is 1. The monoisotopic (exact) mass is 344 g/mol. The standard InChI is InChI=1S/C16H13BrN2O2/c17-13-5-7-14(8-6-13)21-10-9-16(20)19-15-4-2-1-3-12(15)11-18/h1-8H,9-10H2,(H,19,20). The first-order valence-electron chi connectivity index (χ1n) is 6.36. The molecule has 1 N–H and O–H groups in total. The van der Waals surface area contributed by atoms with E-state index < -0.39 is 0 Å². The van der Waals surface area contributed by atoms with Gasteiger partial charge in [-0.3, -0.25) is 4.79 Å². The second kappa shape index (κ2) is 7.46. The molecule has 2 aromatic rings. The number of hydrogen-bond donors (Lipinski definition) is 1. The summed E-state index contributed by atoms with van der Waals surface area (Å²) in [7, 11) is 0. The third-order valence-corrected chi connectivity index (χ3v) is 3.26. The third kappa shape index (κ3) is 4.62. The van der Waals surface area contributed by atoms with Crippen molar-refractivity contribution in [2.45, 2.75) is 6.42 Å². The molecule has 0 atom stereocenters. The maximum absolute atomic E-state index is 11.8. The van der Waals surface area contributed by atoms with Crippen LogP contribution in [0.1, 0.15) is 12.0 Å². The first kappa shape index (κ1) is 15.1.